The monoisotopic (exact) mass is 306 g/mol. The molecular weight excluding hydrogens is 290 g/mol. The van der Waals surface area contributed by atoms with Crippen LogP contribution >= 0.6 is 11.8 Å². The van der Waals surface area contributed by atoms with Crippen LogP contribution in [0.15, 0.2) is 42.7 Å². The van der Waals surface area contributed by atoms with Crippen molar-refractivity contribution in [3.8, 4) is 0 Å². The molecule has 1 aromatic heterocycles. The van der Waals surface area contributed by atoms with Crippen LogP contribution in [0.2, 0.25) is 0 Å². The largest absolute Gasteiger partial charge is 0.303 e. The Balaban J connectivity index is 1.96. The van der Waals surface area contributed by atoms with Crippen LogP contribution in [0.4, 0.5) is 8.78 Å². The van der Waals surface area contributed by atoms with Gasteiger partial charge in [0.05, 0.1) is 6.04 Å². The van der Waals surface area contributed by atoms with Gasteiger partial charge in [0, 0.05) is 29.8 Å². The summed E-state index contributed by atoms with van der Waals surface area (Å²) >= 11 is 1.88. The van der Waals surface area contributed by atoms with Crippen molar-refractivity contribution in [3.05, 3.63) is 65.5 Å². The Hall–Kier alpha value is -1.46. The molecule has 0 radical (unpaired) electrons. The summed E-state index contributed by atoms with van der Waals surface area (Å²) in [5, 5.41) is 3.46. The molecule has 0 aliphatic carbocycles. The Morgan fingerprint density at radius 3 is 2.71 bits per heavy atom. The second-order valence-electron chi connectivity index (χ2n) is 5.11. The van der Waals surface area contributed by atoms with E-state index in [0.29, 0.717) is 11.6 Å². The van der Waals surface area contributed by atoms with Crippen molar-refractivity contribution in [1.82, 2.24) is 10.3 Å². The van der Waals surface area contributed by atoms with E-state index in [1.165, 1.54) is 12.1 Å². The Kier molecular flexibility index (Phi) is 4.51. The molecule has 1 saturated heterocycles. The van der Waals surface area contributed by atoms with Crippen molar-refractivity contribution in [2.75, 3.05) is 11.5 Å². The average Bonchev–Trinajstić information content (AvgIpc) is 3.01. The van der Waals surface area contributed by atoms with Gasteiger partial charge in [0.25, 0.3) is 0 Å². The van der Waals surface area contributed by atoms with Gasteiger partial charge in [0.15, 0.2) is 0 Å². The SMILES string of the molecule is Fc1ccc(F)c([C@H](N[C@@H]2CCSC2)c2ccncc2)c1. The van der Waals surface area contributed by atoms with E-state index in [0.717, 1.165) is 29.6 Å². The quantitative estimate of drug-likeness (QED) is 0.935. The van der Waals surface area contributed by atoms with E-state index in [2.05, 4.69) is 10.3 Å². The molecular formula is C16H16F2N2S. The van der Waals surface area contributed by atoms with Crippen molar-refractivity contribution in [1.29, 1.82) is 0 Å². The zero-order chi connectivity index (χ0) is 14.7. The van der Waals surface area contributed by atoms with Crippen molar-refractivity contribution >= 4 is 11.8 Å². The van der Waals surface area contributed by atoms with Gasteiger partial charge in [-0.1, -0.05) is 0 Å². The van der Waals surface area contributed by atoms with Gasteiger partial charge in [0.2, 0.25) is 0 Å². The summed E-state index contributed by atoms with van der Waals surface area (Å²) in [5.74, 6) is 1.29. The van der Waals surface area contributed by atoms with Crippen molar-refractivity contribution in [2.45, 2.75) is 18.5 Å². The van der Waals surface area contributed by atoms with Gasteiger partial charge in [-0.05, 0) is 48.1 Å². The van der Waals surface area contributed by atoms with Gasteiger partial charge >= 0.3 is 0 Å². The highest BCUT2D eigenvalue weighted by Crippen LogP contribution is 2.28. The third kappa shape index (κ3) is 3.41. The highest BCUT2D eigenvalue weighted by molar-refractivity contribution is 7.99. The Labute approximate surface area is 127 Å². The summed E-state index contributed by atoms with van der Waals surface area (Å²) in [6.45, 7) is 0. The van der Waals surface area contributed by atoms with Crippen LogP contribution in [-0.4, -0.2) is 22.5 Å². The van der Waals surface area contributed by atoms with Crippen LogP contribution in [0.5, 0.6) is 0 Å². The van der Waals surface area contributed by atoms with E-state index in [-0.39, 0.29) is 6.04 Å². The van der Waals surface area contributed by atoms with E-state index in [9.17, 15) is 8.78 Å². The summed E-state index contributed by atoms with van der Waals surface area (Å²) in [4.78, 5) is 3.99. The first-order chi connectivity index (χ1) is 10.2. The van der Waals surface area contributed by atoms with Gasteiger partial charge in [-0.15, -0.1) is 0 Å². The third-order valence-corrected chi connectivity index (χ3v) is 4.80. The van der Waals surface area contributed by atoms with E-state index < -0.39 is 11.6 Å². The summed E-state index contributed by atoms with van der Waals surface area (Å²) in [5.41, 5.74) is 1.24. The number of pyridine rings is 1. The second kappa shape index (κ2) is 6.54. The number of hydrogen-bond donors (Lipinski definition) is 1. The number of hydrogen-bond acceptors (Lipinski definition) is 3. The van der Waals surface area contributed by atoms with Crippen molar-refractivity contribution in [2.24, 2.45) is 0 Å². The first-order valence-electron chi connectivity index (χ1n) is 6.92. The van der Waals surface area contributed by atoms with Crippen molar-refractivity contribution in [3.63, 3.8) is 0 Å². The summed E-state index contributed by atoms with van der Waals surface area (Å²) in [7, 11) is 0. The summed E-state index contributed by atoms with van der Waals surface area (Å²) in [6.07, 6.45) is 4.39. The first-order valence-corrected chi connectivity index (χ1v) is 8.08. The van der Waals surface area contributed by atoms with Gasteiger partial charge in [0.1, 0.15) is 11.6 Å². The van der Waals surface area contributed by atoms with Crippen LogP contribution in [0.1, 0.15) is 23.6 Å². The summed E-state index contributed by atoms with van der Waals surface area (Å²) < 4.78 is 27.7. The average molecular weight is 306 g/mol. The van der Waals surface area contributed by atoms with Crippen LogP contribution in [-0.2, 0) is 0 Å². The lowest BCUT2D eigenvalue weighted by atomic mass is 9.97. The first kappa shape index (κ1) is 14.5. The van der Waals surface area contributed by atoms with E-state index in [1.54, 1.807) is 12.4 Å². The fourth-order valence-electron chi connectivity index (χ4n) is 2.56. The Bertz CT molecular complexity index is 600. The normalized spacial score (nSPS) is 19.6. The minimum Gasteiger partial charge on any atom is -0.303 e. The zero-order valence-electron chi connectivity index (χ0n) is 11.4. The maximum Gasteiger partial charge on any atom is 0.128 e. The number of rotatable bonds is 4. The lowest BCUT2D eigenvalue weighted by molar-refractivity contribution is 0.482. The van der Waals surface area contributed by atoms with Crippen LogP contribution in [0, 0.1) is 11.6 Å². The molecule has 0 spiro atoms. The fourth-order valence-corrected chi connectivity index (χ4v) is 3.72. The molecule has 110 valence electrons. The van der Waals surface area contributed by atoms with Gasteiger partial charge in [-0.25, -0.2) is 8.78 Å². The van der Waals surface area contributed by atoms with Crippen LogP contribution in [0.3, 0.4) is 0 Å². The molecule has 1 aliphatic heterocycles. The number of benzene rings is 1. The number of thioether (sulfide) groups is 1. The van der Waals surface area contributed by atoms with E-state index in [1.807, 2.05) is 23.9 Å². The molecule has 5 heteroatoms. The van der Waals surface area contributed by atoms with E-state index >= 15 is 0 Å². The molecule has 0 saturated carbocycles. The molecule has 0 amide bonds. The van der Waals surface area contributed by atoms with Crippen molar-refractivity contribution < 1.29 is 8.78 Å². The molecule has 2 nitrogen and oxygen atoms in total. The molecule has 1 aromatic carbocycles. The van der Waals surface area contributed by atoms with Gasteiger partial charge in [-0.3, -0.25) is 4.98 Å². The number of halogens is 2. The zero-order valence-corrected chi connectivity index (χ0v) is 12.2. The van der Waals surface area contributed by atoms with E-state index in [4.69, 9.17) is 0 Å². The minimum absolute atomic E-state index is 0.316. The molecule has 2 heterocycles. The Morgan fingerprint density at radius 2 is 2.00 bits per heavy atom. The van der Waals surface area contributed by atoms with Gasteiger partial charge < -0.3 is 5.32 Å². The molecule has 2 aromatic rings. The lowest BCUT2D eigenvalue weighted by Gasteiger charge is -2.24. The molecule has 1 fully saturated rings. The maximum absolute atomic E-state index is 14.2. The maximum atomic E-state index is 14.2. The van der Waals surface area contributed by atoms with Crippen LogP contribution < -0.4 is 5.32 Å². The topological polar surface area (TPSA) is 24.9 Å². The number of nitrogens with one attached hydrogen (secondary N) is 1. The third-order valence-electron chi connectivity index (χ3n) is 3.64. The molecule has 3 rings (SSSR count). The second-order valence-corrected chi connectivity index (χ2v) is 6.26. The highest BCUT2D eigenvalue weighted by Gasteiger charge is 2.24. The molecule has 1 N–H and O–H groups in total. The molecule has 1 aliphatic rings. The standard InChI is InChI=1S/C16H16F2N2S/c17-12-1-2-15(18)14(9-12)16(11-3-6-19-7-4-11)20-13-5-8-21-10-13/h1-4,6-7,9,13,16,20H,5,8,10H2/t13-,16-/m1/s1. The smallest absolute Gasteiger partial charge is 0.128 e. The fraction of sp³-hybridized carbons (Fsp3) is 0.312. The molecule has 0 bridgehead atoms. The lowest BCUT2D eigenvalue weighted by Crippen LogP contribution is -2.34. The number of nitrogens with zero attached hydrogens (tertiary/aromatic N) is 1. The molecule has 2 atom stereocenters. The Morgan fingerprint density at radius 1 is 1.19 bits per heavy atom. The molecule has 21 heavy (non-hydrogen) atoms. The van der Waals surface area contributed by atoms with Gasteiger partial charge in [-0.2, -0.15) is 11.8 Å². The molecule has 0 unspecified atom stereocenters. The summed E-state index contributed by atoms with van der Waals surface area (Å²) in [6, 6.07) is 7.24. The predicted octanol–water partition coefficient (Wildman–Crippen LogP) is 3.54. The van der Waals surface area contributed by atoms with Crippen LogP contribution in [0.25, 0.3) is 0 Å². The minimum atomic E-state index is -0.423. The number of aromatic nitrogens is 1. The highest BCUT2D eigenvalue weighted by atomic mass is 32.2. The predicted molar refractivity (Wildman–Crippen MR) is 81.3 cm³/mol.